The van der Waals surface area contributed by atoms with E-state index in [4.69, 9.17) is 14.2 Å². The van der Waals surface area contributed by atoms with Crippen molar-refractivity contribution in [2.45, 2.75) is 44.4 Å². The molecule has 1 N–H and O–H groups in total. The Morgan fingerprint density at radius 3 is 2.36 bits per heavy atom. The van der Waals surface area contributed by atoms with Crippen LogP contribution in [0.1, 0.15) is 54.9 Å². The number of carbonyl (C=O) groups is 3. The van der Waals surface area contributed by atoms with Crippen molar-refractivity contribution in [1.29, 1.82) is 0 Å². The Morgan fingerprint density at radius 1 is 0.917 bits per heavy atom. The van der Waals surface area contributed by atoms with Gasteiger partial charge >= 0.3 is 5.97 Å². The molecule has 8 nitrogen and oxygen atoms in total. The van der Waals surface area contributed by atoms with Crippen LogP contribution in [0.3, 0.4) is 0 Å². The normalized spacial score (nSPS) is 16.1. The van der Waals surface area contributed by atoms with Crippen LogP contribution in [-0.2, 0) is 19.7 Å². The summed E-state index contributed by atoms with van der Waals surface area (Å²) < 4.78 is 16.6. The number of nitrogens with zero attached hydrogens (tertiary/aromatic N) is 1. The standard InChI is InChI=1S/C28H34N2O6/c1-2-34-24-17-21(11-12-23(24)35-19-26(32)30-15-7-4-8-16-30)27(33)36-18-25(31)29-20-28(13-14-28)22-9-5-3-6-10-22/h3,5-6,9-12,17H,2,4,7-8,13-16,18-20H2,1H3,(H,29,31). The van der Waals surface area contributed by atoms with Gasteiger partial charge in [0.15, 0.2) is 24.7 Å². The minimum absolute atomic E-state index is 0.0153. The molecule has 1 aliphatic heterocycles. The molecule has 2 fully saturated rings. The first-order valence-electron chi connectivity index (χ1n) is 12.7. The van der Waals surface area contributed by atoms with Crippen molar-refractivity contribution < 1.29 is 28.6 Å². The van der Waals surface area contributed by atoms with E-state index in [0.29, 0.717) is 24.7 Å². The number of benzene rings is 2. The number of esters is 1. The van der Waals surface area contributed by atoms with Gasteiger partial charge < -0.3 is 24.4 Å². The maximum absolute atomic E-state index is 12.6. The Morgan fingerprint density at radius 2 is 1.67 bits per heavy atom. The number of likely N-dealkylation sites (tertiary alicyclic amines) is 1. The molecule has 2 aliphatic rings. The Hall–Kier alpha value is -3.55. The number of ether oxygens (including phenoxy) is 3. The molecular weight excluding hydrogens is 460 g/mol. The summed E-state index contributed by atoms with van der Waals surface area (Å²) in [6.07, 6.45) is 5.22. The second kappa shape index (κ2) is 11.9. The summed E-state index contributed by atoms with van der Waals surface area (Å²) in [6.45, 7) is 3.76. The third-order valence-electron chi connectivity index (χ3n) is 6.74. The Balaban J connectivity index is 1.27. The molecule has 0 atom stereocenters. The number of carbonyl (C=O) groups excluding carboxylic acids is 3. The minimum Gasteiger partial charge on any atom is -0.490 e. The molecule has 36 heavy (non-hydrogen) atoms. The molecule has 1 aliphatic carbocycles. The Bertz CT molecular complexity index is 1060. The lowest BCUT2D eigenvalue weighted by molar-refractivity contribution is -0.134. The second-order valence-corrected chi connectivity index (χ2v) is 9.32. The molecule has 2 aromatic carbocycles. The molecular formula is C28H34N2O6. The third kappa shape index (κ3) is 6.56. The molecule has 1 saturated heterocycles. The number of piperidine rings is 1. The lowest BCUT2D eigenvalue weighted by atomic mass is 9.96. The number of hydrogen-bond acceptors (Lipinski definition) is 6. The lowest BCUT2D eigenvalue weighted by Gasteiger charge is -2.26. The minimum atomic E-state index is -0.633. The summed E-state index contributed by atoms with van der Waals surface area (Å²) in [5, 5.41) is 2.89. The van der Waals surface area contributed by atoms with Crippen LogP contribution in [0.5, 0.6) is 11.5 Å². The first-order valence-corrected chi connectivity index (χ1v) is 12.7. The van der Waals surface area contributed by atoms with Crippen LogP contribution >= 0.6 is 0 Å². The largest absolute Gasteiger partial charge is 0.490 e. The summed E-state index contributed by atoms with van der Waals surface area (Å²) in [7, 11) is 0. The first kappa shape index (κ1) is 25.5. The Labute approximate surface area is 211 Å². The van der Waals surface area contributed by atoms with Gasteiger partial charge in [0.1, 0.15) is 0 Å². The van der Waals surface area contributed by atoms with Gasteiger partial charge in [0, 0.05) is 25.0 Å². The zero-order valence-corrected chi connectivity index (χ0v) is 20.8. The van der Waals surface area contributed by atoms with Crippen LogP contribution in [0.2, 0.25) is 0 Å². The Kier molecular flexibility index (Phi) is 8.46. The fourth-order valence-corrected chi connectivity index (χ4v) is 4.44. The number of nitrogens with one attached hydrogen (secondary N) is 1. The van der Waals surface area contributed by atoms with Crippen LogP contribution in [-0.4, -0.2) is 62.1 Å². The highest BCUT2D eigenvalue weighted by atomic mass is 16.5. The van der Waals surface area contributed by atoms with E-state index in [0.717, 1.165) is 45.2 Å². The SMILES string of the molecule is CCOc1cc(C(=O)OCC(=O)NCC2(c3ccccc3)CC2)ccc1OCC(=O)N1CCCCC1. The van der Waals surface area contributed by atoms with Crippen molar-refractivity contribution in [2.75, 3.05) is 39.5 Å². The van der Waals surface area contributed by atoms with Gasteiger partial charge in [-0.3, -0.25) is 9.59 Å². The van der Waals surface area contributed by atoms with Crippen molar-refractivity contribution in [3.05, 3.63) is 59.7 Å². The molecule has 2 amide bonds. The third-order valence-corrected chi connectivity index (χ3v) is 6.74. The molecule has 192 valence electrons. The lowest BCUT2D eigenvalue weighted by Crippen LogP contribution is -2.38. The van der Waals surface area contributed by atoms with E-state index >= 15 is 0 Å². The van der Waals surface area contributed by atoms with Gasteiger partial charge in [0.25, 0.3) is 11.8 Å². The smallest absolute Gasteiger partial charge is 0.338 e. The van der Waals surface area contributed by atoms with E-state index in [9.17, 15) is 14.4 Å². The predicted molar refractivity (Wildman–Crippen MR) is 134 cm³/mol. The highest BCUT2D eigenvalue weighted by Gasteiger charge is 2.44. The van der Waals surface area contributed by atoms with Crippen molar-refractivity contribution in [1.82, 2.24) is 10.2 Å². The molecule has 4 rings (SSSR count). The monoisotopic (exact) mass is 494 g/mol. The molecule has 8 heteroatoms. The number of rotatable bonds is 11. The molecule has 0 unspecified atom stereocenters. The van der Waals surface area contributed by atoms with E-state index in [1.165, 1.54) is 17.7 Å². The van der Waals surface area contributed by atoms with Crippen molar-refractivity contribution in [3.8, 4) is 11.5 Å². The van der Waals surface area contributed by atoms with Gasteiger partial charge in [-0.15, -0.1) is 0 Å². The van der Waals surface area contributed by atoms with Crippen molar-refractivity contribution in [3.63, 3.8) is 0 Å². The molecule has 2 aromatic rings. The van der Waals surface area contributed by atoms with Crippen LogP contribution in [0, 0.1) is 0 Å². The van der Waals surface area contributed by atoms with Gasteiger partial charge in [-0.25, -0.2) is 4.79 Å². The molecule has 0 aromatic heterocycles. The topological polar surface area (TPSA) is 94.2 Å². The van der Waals surface area contributed by atoms with Gasteiger partial charge in [0.2, 0.25) is 0 Å². The maximum atomic E-state index is 12.6. The van der Waals surface area contributed by atoms with E-state index in [1.807, 2.05) is 30.0 Å². The molecule has 1 saturated carbocycles. The predicted octanol–water partition coefficient (Wildman–Crippen LogP) is 3.48. The zero-order chi connectivity index (χ0) is 25.4. The average molecular weight is 495 g/mol. The van der Waals surface area contributed by atoms with Gasteiger partial charge in [-0.2, -0.15) is 0 Å². The fourth-order valence-electron chi connectivity index (χ4n) is 4.44. The fraction of sp³-hybridized carbons (Fsp3) is 0.464. The number of amides is 2. The molecule has 1 heterocycles. The quantitative estimate of drug-likeness (QED) is 0.481. The van der Waals surface area contributed by atoms with Crippen molar-refractivity contribution in [2.24, 2.45) is 0 Å². The highest BCUT2D eigenvalue weighted by molar-refractivity contribution is 5.92. The molecule has 0 bridgehead atoms. The zero-order valence-electron chi connectivity index (χ0n) is 20.8. The summed E-state index contributed by atoms with van der Waals surface area (Å²) in [4.78, 5) is 39.1. The second-order valence-electron chi connectivity index (χ2n) is 9.32. The highest BCUT2D eigenvalue weighted by Crippen LogP contribution is 2.47. The van der Waals surface area contributed by atoms with Crippen LogP contribution < -0.4 is 14.8 Å². The van der Waals surface area contributed by atoms with Gasteiger partial charge in [-0.1, -0.05) is 30.3 Å². The average Bonchev–Trinajstić information content (AvgIpc) is 3.72. The summed E-state index contributed by atoms with van der Waals surface area (Å²) in [6, 6.07) is 14.8. The van der Waals surface area contributed by atoms with E-state index in [1.54, 1.807) is 6.07 Å². The maximum Gasteiger partial charge on any atom is 0.338 e. The first-order chi connectivity index (χ1) is 17.5. The van der Waals surface area contributed by atoms with Crippen LogP contribution in [0.25, 0.3) is 0 Å². The van der Waals surface area contributed by atoms with E-state index in [2.05, 4.69) is 17.4 Å². The van der Waals surface area contributed by atoms with Crippen LogP contribution in [0.15, 0.2) is 48.5 Å². The van der Waals surface area contributed by atoms with Crippen LogP contribution in [0.4, 0.5) is 0 Å². The summed E-state index contributed by atoms with van der Waals surface area (Å²) in [5.74, 6) is -0.307. The van der Waals surface area contributed by atoms with E-state index in [-0.39, 0.29) is 36.0 Å². The number of hydrogen-bond donors (Lipinski definition) is 1. The van der Waals surface area contributed by atoms with E-state index < -0.39 is 5.97 Å². The summed E-state index contributed by atoms with van der Waals surface area (Å²) >= 11 is 0. The molecule has 0 spiro atoms. The van der Waals surface area contributed by atoms with Gasteiger partial charge in [0.05, 0.1) is 12.2 Å². The molecule has 0 radical (unpaired) electrons. The van der Waals surface area contributed by atoms with Crippen molar-refractivity contribution >= 4 is 17.8 Å². The summed E-state index contributed by atoms with van der Waals surface area (Å²) in [5.41, 5.74) is 1.44. The van der Waals surface area contributed by atoms with Gasteiger partial charge in [-0.05, 0) is 62.8 Å².